The second-order valence-electron chi connectivity index (χ2n) is 4.79. The summed E-state index contributed by atoms with van der Waals surface area (Å²) < 4.78 is 0. The molecule has 0 spiro atoms. The van der Waals surface area contributed by atoms with Crippen molar-refractivity contribution in [3.63, 3.8) is 0 Å². The lowest BCUT2D eigenvalue weighted by Crippen LogP contribution is -2.31. The Kier molecular flexibility index (Phi) is 5.31. The summed E-state index contributed by atoms with van der Waals surface area (Å²) in [6.45, 7) is 5.49. The number of hydrogen-bond donors (Lipinski definition) is 1. The number of carbonyl (C=O) groups excluding carboxylic acids is 2. The minimum Gasteiger partial charge on any atom is -0.358 e. The molecule has 1 aromatic heterocycles. The molecule has 20 heavy (non-hydrogen) atoms. The van der Waals surface area contributed by atoms with Gasteiger partial charge in [-0.1, -0.05) is 20.8 Å². The summed E-state index contributed by atoms with van der Waals surface area (Å²) in [6.07, 6.45) is 0.682. The standard InChI is InChI=1S/C13H17N3O4/c1-4-10-6-9(7-11(14-10)16(19)20)13(18)15-12(17)5-8(2)3/h6-8H,4-5H2,1-3H3,(H,15,17,18). The molecule has 2 amide bonds. The number of pyridine rings is 1. The number of aryl methyl sites for hydroxylation is 1. The lowest BCUT2D eigenvalue weighted by Gasteiger charge is -2.06. The molecule has 1 N–H and O–H groups in total. The third-order valence-corrected chi connectivity index (χ3v) is 2.52. The fraction of sp³-hybridized carbons (Fsp3) is 0.462. The highest BCUT2D eigenvalue weighted by atomic mass is 16.6. The van der Waals surface area contributed by atoms with Crippen LogP contribution in [0.2, 0.25) is 0 Å². The highest BCUT2D eigenvalue weighted by molar-refractivity contribution is 6.04. The molecular formula is C13H17N3O4. The van der Waals surface area contributed by atoms with E-state index in [0.29, 0.717) is 12.1 Å². The van der Waals surface area contributed by atoms with Gasteiger partial charge in [0.25, 0.3) is 5.91 Å². The highest BCUT2D eigenvalue weighted by Gasteiger charge is 2.18. The first-order valence-electron chi connectivity index (χ1n) is 6.33. The van der Waals surface area contributed by atoms with Gasteiger partial charge in [0, 0.05) is 18.9 Å². The number of nitrogens with one attached hydrogen (secondary N) is 1. The Morgan fingerprint density at radius 3 is 2.55 bits per heavy atom. The van der Waals surface area contributed by atoms with Crippen LogP contribution >= 0.6 is 0 Å². The molecule has 0 fully saturated rings. The number of hydrogen-bond acceptors (Lipinski definition) is 5. The van der Waals surface area contributed by atoms with E-state index in [2.05, 4.69) is 10.3 Å². The average molecular weight is 279 g/mol. The van der Waals surface area contributed by atoms with Crippen LogP contribution in [0.25, 0.3) is 0 Å². The molecule has 0 bridgehead atoms. The van der Waals surface area contributed by atoms with Gasteiger partial charge in [-0.05, 0) is 21.9 Å². The summed E-state index contributed by atoms with van der Waals surface area (Å²) >= 11 is 0. The molecule has 1 rings (SSSR count). The molecule has 7 heteroatoms. The normalized spacial score (nSPS) is 10.4. The number of nitrogens with zero attached hydrogens (tertiary/aromatic N) is 2. The number of nitro groups is 1. The molecule has 108 valence electrons. The summed E-state index contributed by atoms with van der Waals surface area (Å²) in [7, 11) is 0. The van der Waals surface area contributed by atoms with Gasteiger partial charge in [-0.25, -0.2) is 0 Å². The van der Waals surface area contributed by atoms with Crippen LogP contribution in [0.5, 0.6) is 0 Å². The zero-order valence-electron chi connectivity index (χ0n) is 11.7. The Balaban J connectivity index is 2.95. The van der Waals surface area contributed by atoms with Gasteiger partial charge in [0.1, 0.15) is 0 Å². The maximum absolute atomic E-state index is 11.9. The summed E-state index contributed by atoms with van der Waals surface area (Å²) in [5, 5.41) is 13.0. The van der Waals surface area contributed by atoms with Crippen LogP contribution in [0.3, 0.4) is 0 Å². The van der Waals surface area contributed by atoms with E-state index in [1.165, 1.54) is 6.07 Å². The Bertz CT molecular complexity index is 540. The van der Waals surface area contributed by atoms with E-state index < -0.39 is 22.6 Å². The highest BCUT2D eigenvalue weighted by Crippen LogP contribution is 2.13. The van der Waals surface area contributed by atoms with E-state index in [0.717, 1.165) is 6.07 Å². The molecular weight excluding hydrogens is 262 g/mol. The number of aromatic nitrogens is 1. The molecule has 0 unspecified atom stereocenters. The maximum atomic E-state index is 11.9. The fourth-order valence-electron chi connectivity index (χ4n) is 1.60. The van der Waals surface area contributed by atoms with Crippen LogP contribution in [0.4, 0.5) is 5.82 Å². The Morgan fingerprint density at radius 1 is 1.40 bits per heavy atom. The van der Waals surface area contributed by atoms with Crippen molar-refractivity contribution in [1.29, 1.82) is 0 Å². The van der Waals surface area contributed by atoms with Crippen LogP contribution in [-0.2, 0) is 11.2 Å². The van der Waals surface area contributed by atoms with Gasteiger partial charge < -0.3 is 10.1 Å². The summed E-state index contributed by atoms with van der Waals surface area (Å²) in [4.78, 5) is 37.3. The number of carbonyl (C=O) groups is 2. The molecule has 1 heterocycles. The minimum atomic E-state index is -0.661. The maximum Gasteiger partial charge on any atom is 0.364 e. The lowest BCUT2D eigenvalue weighted by molar-refractivity contribution is -0.389. The quantitative estimate of drug-likeness (QED) is 0.654. The van der Waals surface area contributed by atoms with Crippen LogP contribution < -0.4 is 5.32 Å². The van der Waals surface area contributed by atoms with Crippen molar-refractivity contribution in [2.45, 2.75) is 33.6 Å². The molecule has 1 aromatic rings. The number of amides is 2. The first kappa shape index (κ1) is 15.7. The van der Waals surface area contributed by atoms with Gasteiger partial charge in [0.15, 0.2) is 5.69 Å². The van der Waals surface area contributed by atoms with E-state index in [-0.39, 0.29) is 17.9 Å². The second kappa shape index (κ2) is 6.74. The van der Waals surface area contributed by atoms with Gasteiger partial charge in [-0.2, -0.15) is 0 Å². The van der Waals surface area contributed by atoms with Gasteiger partial charge in [0.2, 0.25) is 5.91 Å². The monoisotopic (exact) mass is 279 g/mol. The zero-order chi connectivity index (χ0) is 15.3. The van der Waals surface area contributed by atoms with Crippen molar-refractivity contribution < 1.29 is 14.5 Å². The van der Waals surface area contributed by atoms with Crippen molar-refractivity contribution >= 4 is 17.6 Å². The van der Waals surface area contributed by atoms with Crippen LogP contribution in [0, 0.1) is 16.0 Å². The Hall–Kier alpha value is -2.31. The molecule has 0 saturated heterocycles. The fourth-order valence-corrected chi connectivity index (χ4v) is 1.60. The first-order valence-corrected chi connectivity index (χ1v) is 6.33. The third-order valence-electron chi connectivity index (χ3n) is 2.52. The molecule has 0 radical (unpaired) electrons. The van der Waals surface area contributed by atoms with E-state index >= 15 is 0 Å². The molecule has 0 atom stereocenters. The summed E-state index contributed by atoms with van der Waals surface area (Å²) in [5.74, 6) is -1.31. The predicted octanol–water partition coefficient (Wildman–Crippen LogP) is 1.85. The molecule has 0 aliphatic heterocycles. The van der Waals surface area contributed by atoms with E-state index in [1.54, 1.807) is 6.92 Å². The van der Waals surface area contributed by atoms with Crippen molar-refractivity contribution in [2.24, 2.45) is 5.92 Å². The van der Waals surface area contributed by atoms with Crippen molar-refractivity contribution in [1.82, 2.24) is 10.3 Å². The molecule has 7 nitrogen and oxygen atoms in total. The largest absolute Gasteiger partial charge is 0.364 e. The summed E-state index contributed by atoms with van der Waals surface area (Å²) in [6, 6.07) is 2.52. The van der Waals surface area contributed by atoms with Crippen molar-refractivity contribution in [3.8, 4) is 0 Å². The van der Waals surface area contributed by atoms with E-state index in [4.69, 9.17) is 0 Å². The smallest absolute Gasteiger partial charge is 0.358 e. The molecule has 0 saturated carbocycles. The van der Waals surface area contributed by atoms with Crippen LogP contribution in [0.1, 0.15) is 43.2 Å². The van der Waals surface area contributed by atoms with Crippen molar-refractivity contribution in [3.05, 3.63) is 33.5 Å². The zero-order valence-corrected chi connectivity index (χ0v) is 11.7. The average Bonchev–Trinajstić information content (AvgIpc) is 2.36. The van der Waals surface area contributed by atoms with Crippen LogP contribution in [-0.4, -0.2) is 21.7 Å². The molecule has 0 aromatic carbocycles. The minimum absolute atomic E-state index is 0.0701. The first-order chi connectivity index (χ1) is 9.33. The Morgan fingerprint density at radius 2 is 2.05 bits per heavy atom. The Labute approximate surface area is 116 Å². The van der Waals surface area contributed by atoms with Gasteiger partial charge in [-0.15, -0.1) is 0 Å². The predicted molar refractivity (Wildman–Crippen MR) is 72.2 cm³/mol. The van der Waals surface area contributed by atoms with Gasteiger partial charge in [0.05, 0.1) is 5.56 Å². The van der Waals surface area contributed by atoms with Crippen LogP contribution in [0.15, 0.2) is 12.1 Å². The van der Waals surface area contributed by atoms with Gasteiger partial charge >= 0.3 is 5.82 Å². The number of rotatable bonds is 5. The third kappa shape index (κ3) is 4.42. The van der Waals surface area contributed by atoms with E-state index in [1.807, 2.05) is 13.8 Å². The molecule has 0 aliphatic carbocycles. The summed E-state index contributed by atoms with van der Waals surface area (Å²) in [5.41, 5.74) is 0.501. The van der Waals surface area contributed by atoms with E-state index in [9.17, 15) is 19.7 Å². The van der Waals surface area contributed by atoms with Gasteiger partial charge in [-0.3, -0.25) is 14.9 Å². The van der Waals surface area contributed by atoms with Crippen molar-refractivity contribution in [2.75, 3.05) is 0 Å². The lowest BCUT2D eigenvalue weighted by atomic mass is 10.1. The second-order valence-corrected chi connectivity index (χ2v) is 4.79. The number of imide groups is 1. The molecule has 0 aliphatic rings. The topological polar surface area (TPSA) is 102 Å². The SMILES string of the molecule is CCc1cc(C(=O)NC(=O)CC(C)C)cc([N+](=O)[O-])n1.